The summed E-state index contributed by atoms with van der Waals surface area (Å²) in [7, 11) is 0. The molecule has 0 N–H and O–H groups in total. The number of benzene rings is 4. The molecule has 3 aliphatic heterocycles. The van der Waals surface area contributed by atoms with Gasteiger partial charge in [0.1, 0.15) is 35.1 Å². The van der Waals surface area contributed by atoms with Crippen LogP contribution in [0.4, 0.5) is 0 Å². The van der Waals surface area contributed by atoms with E-state index in [2.05, 4.69) is 0 Å². The lowest BCUT2D eigenvalue weighted by atomic mass is 9.88. The lowest BCUT2D eigenvalue weighted by Gasteiger charge is -2.49. The lowest BCUT2D eigenvalue weighted by Crippen LogP contribution is -2.63. The summed E-state index contributed by atoms with van der Waals surface area (Å²) in [4.78, 5) is 30.8. The van der Waals surface area contributed by atoms with Crippen molar-refractivity contribution >= 4 is 11.8 Å². The maximum Gasteiger partial charge on any atom is 0.266 e. The second-order valence-corrected chi connectivity index (χ2v) is 11.1. The molecule has 0 saturated carbocycles. The Labute approximate surface area is 256 Å². The maximum absolute atomic E-state index is 13.5. The van der Waals surface area contributed by atoms with Gasteiger partial charge in [-0.05, 0) is 42.8 Å². The van der Waals surface area contributed by atoms with E-state index < -0.39 is 12.2 Å². The Morgan fingerprint density at radius 2 is 0.932 bits per heavy atom. The van der Waals surface area contributed by atoms with Crippen LogP contribution in [0.25, 0.3) is 0 Å². The van der Waals surface area contributed by atoms with Crippen LogP contribution in [0.1, 0.15) is 36.1 Å². The van der Waals surface area contributed by atoms with Crippen molar-refractivity contribution in [3.8, 4) is 23.0 Å². The Morgan fingerprint density at radius 1 is 0.523 bits per heavy atom. The van der Waals surface area contributed by atoms with Gasteiger partial charge in [0.05, 0.1) is 13.2 Å². The molecular formula is C36H34N2O6. The van der Waals surface area contributed by atoms with Crippen LogP contribution in [-0.4, -0.2) is 60.1 Å². The Morgan fingerprint density at radius 3 is 1.39 bits per heavy atom. The number of para-hydroxylation sites is 4. The van der Waals surface area contributed by atoms with Gasteiger partial charge in [-0.25, -0.2) is 0 Å². The van der Waals surface area contributed by atoms with E-state index in [4.69, 9.17) is 18.9 Å². The minimum absolute atomic E-state index is 0.0784. The van der Waals surface area contributed by atoms with Crippen LogP contribution in [-0.2, 0) is 9.59 Å². The molecule has 0 spiro atoms. The smallest absolute Gasteiger partial charge is 0.266 e. The number of rotatable bonds is 4. The Bertz CT molecular complexity index is 1490. The van der Waals surface area contributed by atoms with Gasteiger partial charge in [-0.2, -0.15) is 0 Å². The summed E-state index contributed by atoms with van der Waals surface area (Å²) in [5.74, 6) is 2.58. The van der Waals surface area contributed by atoms with Crippen molar-refractivity contribution in [1.82, 2.24) is 9.80 Å². The van der Waals surface area contributed by atoms with Gasteiger partial charge in [0.25, 0.3) is 11.8 Å². The third kappa shape index (κ3) is 5.32. The molecule has 0 unspecified atom stereocenters. The highest BCUT2D eigenvalue weighted by atomic mass is 16.5. The topological polar surface area (TPSA) is 77.5 Å². The van der Waals surface area contributed by atoms with Gasteiger partial charge < -0.3 is 28.7 Å². The molecule has 2 amide bonds. The number of fused-ring (bicyclic) bond motifs is 6. The van der Waals surface area contributed by atoms with Gasteiger partial charge >= 0.3 is 0 Å². The molecule has 0 aliphatic carbocycles. The zero-order valence-corrected chi connectivity index (χ0v) is 24.3. The summed E-state index contributed by atoms with van der Waals surface area (Å²) in [6.45, 7) is 1.81. The van der Waals surface area contributed by atoms with Crippen LogP contribution < -0.4 is 18.9 Å². The van der Waals surface area contributed by atoms with E-state index >= 15 is 0 Å². The number of carbonyl (C=O) groups excluding carboxylic acids is 2. The highest BCUT2D eigenvalue weighted by Crippen LogP contribution is 2.44. The molecule has 8 nitrogen and oxygen atoms in total. The van der Waals surface area contributed by atoms with Crippen molar-refractivity contribution in [1.29, 1.82) is 0 Å². The normalized spacial score (nSPS) is 23.3. The monoisotopic (exact) mass is 590 g/mol. The predicted octanol–water partition coefficient (Wildman–Crippen LogP) is 5.60. The van der Waals surface area contributed by atoms with E-state index in [1.807, 2.05) is 119 Å². The average Bonchev–Trinajstić information content (AvgIpc) is 3.07. The van der Waals surface area contributed by atoms with Crippen molar-refractivity contribution in [2.45, 2.75) is 37.1 Å². The molecule has 7 rings (SSSR count). The minimum atomic E-state index is -0.668. The van der Waals surface area contributed by atoms with Crippen LogP contribution >= 0.6 is 0 Å². The number of β-lactam (4-membered cyclic amide) rings is 2. The SMILES string of the molecule is O=C1[C@H](Oc2ccccc2)[C@@H]2c3ccccc3OCCCOc3ccccc3[C@H]3[C@@H](Oc4ccccc4)C(=O)N3CCCN12. The molecule has 8 heteroatoms. The number of hydrogen-bond acceptors (Lipinski definition) is 6. The molecule has 0 bridgehead atoms. The Balaban J connectivity index is 1.17. The summed E-state index contributed by atoms with van der Waals surface area (Å²) in [6.07, 6.45) is -0.0966. The van der Waals surface area contributed by atoms with E-state index in [1.54, 1.807) is 0 Å². The standard InChI is InChI=1S/C36H34N2O6/c39-35-33(43-25-13-3-1-4-14-25)31-27-17-7-9-19-29(27)41-23-12-24-42-30-20-10-8-18-28(30)32-34(44-26-15-5-2-6-16-26)36(40)38(32)22-11-21-37(31)35/h1-10,13-20,31-34H,11-12,21-24H2/t31-,32-,33+,34+/m0/s1. The number of ether oxygens (including phenoxy) is 4. The summed E-state index contributed by atoms with van der Waals surface area (Å²) in [5, 5.41) is 0. The highest BCUT2D eigenvalue weighted by Gasteiger charge is 2.53. The van der Waals surface area contributed by atoms with Crippen LogP contribution in [0.15, 0.2) is 109 Å². The molecule has 2 saturated heterocycles. The molecule has 224 valence electrons. The average molecular weight is 591 g/mol. The largest absolute Gasteiger partial charge is 0.493 e. The third-order valence-electron chi connectivity index (χ3n) is 8.39. The Kier molecular flexibility index (Phi) is 7.80. The van der Waals surface area contributed by atoms with E-state index in [-0.39, 0.29) is 23.9 Å². The molecule has 4 atom stereocenters. The van der Waals surface area contributed by atoms with Gasteiger partial charge in [-0.3, -0.25) is 9.59 Å². The lowest BCUT2D eigenvalue weighted by molar-refractivity contribution is -0.167. The summed E-state index contributed by atoms with van der Waals surface area (Å²) in [5.41, 5.74) is 1.81. The molecule has 3 heterocycles. The number of hydrogen-bond donors (Lipinski definition) is 0. The van der Waals surface area contributed by atoms with Crippen LogP contribution in [0.2, 0.25) is 0 Å². The number of carbonyl (C=O) groups is 2. The van der Waals surface area contributed by atoms with Gasteiger partial charge in [0.15, 0.2) is 0 Å². The van der Waals surface area contributed by atoms with Crippen LogP contribution in [0.3, 0.4) is 0 Å². The summed E-state index contributed by atoms with van der Waals surface area (Å²) in [6, 6.07) is 33.8. The molecule has 0 aromatic heterocycles. The van der Waals surface area contributed by atoms with Crippen LogP contribution in [0.5, 0.6) is 23.0 Å². The molecule has 2 fully saturated rings. The first-order chi connectivity index (χ1) is 21.7. The maximum atomic E-state index is 13.5. The first-order valence-corrected chi connectivity index (χ1v) is 15.2. The second kappa shape index (κ2) is 12.3. The minimum Gasteiger partial charge on any atom is -0.493 e. The van der Waals surface area contributed by atoms with Gasteiger partial charge in [0, 0.05) is 30.6 Å². The number of nitrogens with zero attached hydrogens (tertiary/aromatic N) is 2. The fourth-order valence-corrected chi connectivity index (χ4v) is 6.26. The quantitative estimate of drug-likeness (QED) is 0.288. The van der Waals surface area contributed by atoms with Crippen LogP contribution in [0, 0.1) is 0 Å². The van der Waals surface area contributed by atoms with E-state index in [0.29, 0.717) is 50.6 Å². The van der Waals surface area contributed by atoms with Gasteiger partial charge in [0.2, 0.25) is 12.2 Å². The first kappa shape index (κ1) is 27.8. The van der Waals surface area contributed by atoms with E-state index in [0.717, 1.165) is 22.6 Å². The molecular weight excluding hydrogens is 556 g/mol. The fourth-order valence-electron chi connectivity index (χ4n) is 6.26. The van der Waals surface area contributed by atoms with Crippen molar-refractivity contribution < 1.29 is 28.5 Å². The van der Waals surface area contributed by atoms with Crippen molar-refractivity contribution in [3.63, 3.8) is 0 Å². The van der Waals surface area contributed by atoms with Crippen molar-refractivity contribution in [2.75, 3.05) is 26.3 Å². The molecule has 3 aliphatic rings. The fraction of sp³-hybridized carbons (Fsp3) is 0.278. The highest BCUT2D eigenvalue weighted by molar-refractivity contribution is 5.90. The van der Waals surface area contributed by atoms with E-state index in [1.165, 1.54) is 0 Å². The van der Waals surface area contributed by atoms with E-state index in [9.17, 15) is 9.59 Å². The zero-order chi connectivity index (χ0) is 29.9. The van der Waals surface area contributed by atoms with Gasteiger partial charge in [-0.15, -0.1) is 0 Å². The molecule has 44 heavy (non-hydrogen) atoms. The number of amides is 2. The molecule has 0 radical (unpaired) electrons. The molecule has 4 aromatic carbocycles. The molecule has 4 aromatic rings. The summed E-state index contributed by atoms with van der Waals surface area (Å²) >= 11 is 0. The predicted molar refractivity (Wildman–Crippen MR) is 164 cm³/mol. The Hall–Kier alpha value is -4.98. The summed E-state index contributed by atoms with van der Waals surface area (Å²) < 4.78 is 25.0. The second-order valence-electron chi connectivity index (χ2n) is 11.1. The first-order valence-electron chi connectivity index (χ1n) is 15.2. The van der Waals surface area contributed by atoms with Crippen molar-refractivity contribution in [3.05, 3.63) is 120 Å². The zero-order valence-electron chi connectivity index (χ0n) is 24.3. The van der Waals surface area contributed by atoms with Crippen molar-refractivity contribution in [2.24, 2.45) is 0 Å². The van der Waals surface area contributed by atoms with Gasteiger partial charge in [-0.1, -0.05) is 72.8 Å². The third-order valence-corrected chi connectivity index (χ3v) is 8.39.